The summed E-state index contributed by atoms with van der Waals surface area (Å²) in [7, 11) is -2.96. The lowest BCUT2D eigenvalue weighted by atomic mass is 9.74. The molecule has 0 bridgehead atoms. The summed E-state index contributed by atoms with van der Waals surface area (Å²) in [6.07, 6.45) is -1.78. The molecule has 5 nitrogen and oxygen atoms in total. The first-order valence-electron chi connectivity index (χ1n) is 11.4. The van der Waals surface area contributed by atoms with E-state index in [4.69, 9.17) is 9.63 Å². The van der Waals surface area contributed by atoms with Crippen molar-refractivity contribution in [2.75, 3.05) is 32.1 Å². The molecule has 0 radical (unpaired) electrons. The third kappa shape index (κ3) is 8.30. The van der Waals surface area contributed by atoms with Crippen LogP contribution in [0.5, 0.6) is 0 Å². The van der Waals surface area contributed by atoms with Crippen LogP contribution in [0.4, 0.5) is 17.6 Å². The van der Waals surface area contributed by atoms with Crippen molar-refractivity contribution in [1.82, 2.24) is 5.32 Å². The lowest BCUT2D eigenvalue weighted by molar-refractivity contribution is -0.139. The molecule has 0 spiro atoms. The van der Waals surface area contributed by atoms with Crippen LogP contribution in [-0.2, 0) is 32.0 Å². The van der Waals surface area contributed by atoms with Gasteiger partial charge < -0.3 is 19.5 Å². The Bertz CT molecular complexity index is 988. The summed E-state index contributed by atoms with van der Waals surface area (Å²) in [5, 5.41) is 3.01. The van der Waals surface area contributed by atoms with Gasteiger partial charge in [-0.15, -0.1) is 11.8 Å². The number of unbranched alkanes of at least 4 members (excludes halogenated alkanes) is 1. The number of hydrogen-bond acceptors (Lipinski definition) is 5. The number of halogens is 4. The smallest absolute Gasteiger partial charge is 0.379 e. The molecule has 1 aliphatic rings. The van der Waals surface area contributed by atoms with Gasteiger partial charge in [0.1, 0.15) is 5.82 Å². The van der Waals surface area contributed by atoms with Crippen molar-refractivity contribution in [1.29, 1.82) is 0 Å². The quantitative estimate of drug-likeness (QED) is 0.135. The van der Waals surface area contributed by atoms with Gasteiger partial charge >= 0.3 is 14.4 Å². The van der Waals surface area contributed by atoms with Gasteiger partial charge in [0.2, 0.25) is 0 Å². The maximum absolute atomic E-state index is 14.3. The number of ether oxygens (including phenoxy) is 1. The largest absolute Gasteiger partial charge is 0.417 e. The summed E-state index contributed by atoms with van der Waals surface area (Å²) in [5.74, 6) is 0.286. The van der Waals surface area contributed by atoms with Crippen molar-refractivity contribution in [2.24, 2.45) is 0 Å². The average Bonchev–Trinajstić information content (AvgIpc) is 2.78. The van der Waals surface area contributed by atoms with E-state index in [-0.39, 0.29) is 29.3 Å². The van der Waals surface area contributed by atoms with Gasteiger partial charge in [0.05, 0.1) is 25.4 Å². The summed E-state index contributed by atoms with van der Waals surface area (Å²) in [6.45, 7) is 1.74. The Balaban J connectivity index is 1.48. The van der Waals surface area contributed by atoms with Crippen LogP contribution >= 0.6 is 20.0 Å². The van der Waals surface area contributed by atoms with E-state index >= 15 is 0 Å². The molecule has 1 saturated heterocycles. The average molecular weight is 536 g/mol. The topological polar surface area (TPSA) is 67.8 Å². The van der Waals surface area contributed by atoms with Crippen molar-refractivity contribution in [3.63, 3.8) is 0 Å². The SMILES string of the molecule is O=[PH](O)OCCCNCc1ccc(SCCCCC2(c3ccccc3F)COC2)c(C(F)(F)F)c1. The second kappa shape index (κ2) is 13.2. The minimum Gasteiger partial charge on any atom is -0.379 e. The van der Waals surface area contributed by atoms with Crippen LogP contribution in [0.15, 0.2) is 47.4 Å². The molecule has 11 heteroatoms. The zero-order valence-corrected chi connectivity index (χ0v) is 21.0. The van der Waals surface area contributed by atoms with Crippen LogP contribution in [0.1, 0.15) is 42.4 Å². The highest BCUT2D eigenvalue weighted by molar-refractivity contribution is 7.99. The highest BCUT2D eigenvalue weighted by atomic mass is 32.2. The molecule has 194 valence electrons. The molecule has 3 rings (SSSR count). The fourth-order valence-electron chi connectivity index (χ4n) is 4.05. The summed E-state index contributed by atoms with van der Waals surface area (Å²) in [5.41, 5.74) is 0.165. The van der Waals surface area contributed by atoms with E-state index < -0.39 is 20.0 Å². The van der Waals surface area contributed by atoms with Crippen LogP contribution < -0.4 is 5.32 Å². The van der Waals surface area contributed by atoms with Gasteiger partial charge in [0.25, 0.3) is 0 Å². The Kier molecular flexibility index (Phi) is 10.6. The van der Waals surface area contributed by atoms with E-state index in [0.717, 1.165) is 18.9 Å². The first kappa shape index (κ1) is 28.2. The molecule has 2 aromatic rings. The Morgan fingerprint density at radius 2 is 1.91 bits per heavy atom. The third-order valence-corrected chi connectivity index (χ3v) is 7.52. The van der Waals surface area contributed by atoms with Gasteiger partial charge in [-0.25, -0.2) is 4.39 Å². The molecule has 1 atom stereocenters. The van der Waals surface area contributed by atoms with Crippen molar-refractivity contribution in [2.45, 2.75) is 48.7 Å². The van der Waals surface area contributed by atoms with E-state index in [1.165, 1.54) is 23.9 Å². The molecule has 1 fully saturated rings. The van der Waals surface area contributed by atoms with Crippen LogP contribution in [0, 0.1) is 5.82 Å². The zero-order valence-electron chi connectivity index (χ0n) is 19.2. The van der Waals surface area contributed by atoms with Gasteiger partial charge in [-0.05, 0) is 60.9 Å². The van der Waals surface area contributed by atoms with Gasteiger partial charge in [0.15, 0.2) is 0 Å². The summed E-state index contributed by atoms with van der Waals surface area (Å²) in [6, 6.07) is 11.0. The molecule has 1 heterocycles. The minimum atomic E-state index is -4.46. The first-order chi connectivity index (χ1) is 16.7. The number of thioether (sulfide) groups is 1. The summed E-state index contributed by atoms with van der Waals surface area (Å²) >= 11 is 1.18. The number of nitrogens with one attached hydrogen (secondary N) is 1. The lowest BCUT2D eigenvalue weighted by Gasteiger charge is -2.42. The van der Waals surface area contributed by atoms with E-state index in [1.54, 1.807) is 18.2 Å². The Morgan fingerprint density at radius 3 is 2.57 bits per heavy atom. The first-order valence-corrected chi connectivity index (χ1v) is 13.7. The molecule has 0 amide bonds. The fraction of sp³-hybridized carbons (Fsp3) is 0.500. The highest BCUT2D eigenvalue weighted by Gasteiger charge is 2.41. The Hall–Kier alpha value is -1.42. The molecule has 2 aromatic carbocycles. The normalized spacial score (nSPS) is 16.1. The molecule has 2 N–H and O–H groups in total. The fourth-order valence-corrected chi connectivity index (χ4v) is 5.43. The van der Waals surface area contributed by atoms with Crippen molar-refractivity contribution >= 4 is 20.0 Å². The minimum absolute atomic E-state index is 0.110. The van der Waals surface area contributed by atoms with Crippen LogP contribution in [0.2, 0.25) is 0 Å². The van der Waals surface area contributed by atoms with Gasteiger partial charge in [0, 0.05) is 16.9 Å². The molecule has 0 aliphatic carbocycles. The highest BCUT2D eigenvalue weighted by Crippen LogP contribution is 2.40. The van der Waals surface area contributed by atoms with E-state index in [2.05, 4.69) is 9.84 Å². The molecule has 1 unspecified atom stereocenters. The molecule has 1 aliphatic heterocycles. The van der Waals surface area contributed by atoms with Gasteiger partial charge in [-0.3, -0.25) is 4.57 Å². The zero-order chi connectivity index (χ0) is 25.3. The van der Waals surface area contributed by atoms with Crippen molar-refractivity contribution in [3.8, 4) is 0 Å². The lowest BCUT2D eigenvalue weighted by Crippen LogP contribution is -2.47. The van der Waals surface area contributed by atoms with Crippen molar-refractivity contribution in [3.05, 3.63) is 65.0 Å². The van der Waals surface area contributed by atoms with Crippen LogP contribution in [0.3, 0.4) is 0 Å². The number of rotatable bonds is 14. The van der Waals surface area contributed by atoms with Crippen LogP contribution in [0.25, 0.3) is 0 Å². The third-order valence-electron chi connectivity index (χ3n) is 5.91. The number of benzene rings is 2. The monoisotopic (exact) mass is 535 g/mol. The molecule has 0 aromatic heterocycles. The van der Waals surface area contributed by atoms with E-state index in [0.29, 0.717) is 49.5 Å². The van der Waals surface area contributed by atoms with Crippen LogP contribution in [-0.4, -0.2) is 37.0 Å². The predicted octanol–water partition coefficient (Wildman–Crippen LogP) is 5.95. The summed E-state index contributed by atoms with van der Waals surface area (Å²) in [4.78, 5) is 8.79. The second-order valence-electron chi connectivity index (χ2n) is 8.53. The molecular weight excluding hydrogens is 505 g/mol. The predicted molar refractivity (Wildman–Crippen MR) is 128 cm³/mol. The maximum Gasteiger partial charge on any atom is 0.417 e. The standard InChI is InChI=1S/C24H30F4NO4PS/c25-21-7-2-1-6-19(21)23(16-32-17-23)10-3-4-13-35-22-9-8-18(14-20(22)24(26,27)28)15-29-11-5-12-33-34(30)31/h1-2,6-9,14,29,34H,3-5,10-13,15-17H2,(H,30,31). The molecular formula is C24H30F4NO4PS. The van der Waals surface area contributed by atoms with E-state index in [9.17, 15) is 22.1 Å². The maximum atomic E-state index is 14.3. The number of hydrogen-bond donors (Lipinski definition) is 2. The Morgan fingerprint density at radius 1 is 1.14 bits per heavy atom. The second-order valence-corrected chi connectivity index (χ2v) is 10.5. The van der Waals surface area contributed by atoms with E-state index in [1.807, 2.05) is 6.07 Å². The van der Waals surface area contributed by atoms with Gasteiger partial charge in [-0.2, -0.15) is 13.2 Å². The molecule has 35 heavy (non-hydrogen) atoms. The number of alkyl halides is 3. The molecule has 0 saturated carbocycles. The van der Waals surface area contributed by atoms with Crippen molar-refractivity contribution < 1.29 is 36.3 Å². The van der Waals surface area contributed by atoms with Gasteiger partial charge in [-0.1, -0.05) is 30.7 Å². The Labute approximate surface area is 207 Å². The summed E-state index contributed by atoms with van der Waals surface area (Å²) < 4.78 is 75.6.